The molecule has 3 N–H and O–H groups in total. The summed E-state index contributed by atoms with van der Waals surface area (Å²) in [5.41, 5.74) is 10.3. The van der Waals surface area contributed by atoms with Gasteiger partial charge in [-0.15, -0.1) is 16.4 Å². The monoisotopic (exact) mass is 511 g/mol. The molecule has 174 valence electrons. The van der Waals surface area contributed by atoms with E-state index in [1.54, 1.807) is 40.9 Å². The molecule has 3 aromatic carbocycles. The fraction of sp³-hybridized carbons (Fsp3) is 0. The van der Waals surface area contributed by atoms with Crippen molar-refractivity contribution < 1.29 is 4.39 Å². The Bertz CT molecular complexity index is 1770. The van der Waals surface area contributed by atoms with Crippen molar-refractivity contribution in [2.75, 3.05) is 11.1 Å². The molecule has 0 aliphatic rings. The quantitative estimate of drug-likeness (QED) is 0.274. The third kappa shape index (κ3) is 3.69. The first kappa shape index (κ1) is 22.0. The van der Waals surface area contributed by atoms with Gasteiger partial charge in [-0.2, -0.15) is 5.26 Å². The lowest BCUT2D eigenvalue weighted by Gasteiger charge is -2.12. The molecule has 10 heteroatoms. The number of halogens is 2. The predicted molar refractivity (Wildman–Crippen MR) is 141 cm³/mol. The number of nitrogens with zero attached hydrogens (tertiary/aromatic N) is 5. The van der Waals surface area contributed by atoms with E-state index in [1.807, 2.05) is 24.3 Å². The molecule has 6 rings (SSSR count). The number of hydrogen-bond donors (Lipinski definition) is 2. The van der Waals surface area contributed by atoms with Crippen LogP contribution in [-0.4, -0.2) is 19.6 Å². The number of nitriles is 1. The van der Waals surface area contributed by atoms with E-state index in [0.717, 1.165) is 10.2 Å². The van der Waals surface area contributed by atoms with Gasteiger partial charge in [0.25, 0.3) is 0 Å². The number of aromatic nitrogens is 4. The van der Waals surface area contributed by atoms with Gasteiger partial charge in [-0.05, 0) is 60.7 Å². The Labute approximate surface area is 213 Å². The minimum absolute atomic E-state index is 0.190. The molecule has 6 aromatic rings. The number of hydrogen-bond acceptors (Lipinski definition) is 7. The van der Waals surface area contributed by atoms with Crippen LogP contribution in [0, 0.1) is 17.1 Å². The molecule has 0 radical (unpaired) electrons. The average molecular weight is 512 g/mol. The number of nitrogens with one attached hydrogen (secondary N) is 1. The van der Waals surface area contributed by atoms with Crippen LogP contribution in [0.4, 0.5) is 21.7 Å². The average Bonchev–Trinajstić information content (AvgIpc) is 3.45. The van der Waals surface area contributed by atoms with Crippen molar-refractivity contribution in [2.45, 2.75) is 0 Å². The minimum Gasteiger partial charge on any atom is -0.383 e. The standard InChI is InChI=1S/C26H15ClFN7S/c27-15-7-11-17(12-8-15)31-24-18(13-29)25-33-23(30)21(26-32-19-3-1-2-4-20(19)36-26)22(35(25)34-24)14-5-9-16(28)10-6-14/h1-12H,(H2,30,33)(H,31,34). The number of nitrogen functional groups attached to an aromatic ring is 1. The van der Waals surface area contributed by atoms with Crippen molar-refractivity contribution in [3.63, 3.8) is 0 Å². The predicted octanol–water partition coefficient (Wildman–Crippen LogP) is 6.66. The Morgan fingerprint density at radius 2 is 1.75 bits per heavy atom. The minimum atomic E-state index is -0.373. The molecule has 7 nitrogen and oxygen atoms in total. The van der Waals surface area contributed by atoms with E-state index >= 15 is 0 Å². The molecule has 0 aliphatic carbocycles. The normalized spacial score (nSPS) is 11.1. The molecule has 0 amide bonds. The Hall–Kier alpha value is -4.52. The van der Waals surface area contributed by atoms with Crippen molar-refractivity contribution in [1.82, 2.24) is 19.6 Å². The molecule has 0 saturated heterocycles. The summed E-state index contributed by atoms with van der Waals surface area (Å²) in [6.45, 7) is 0. The summed E-state index contributed by atoms with van der Waals surface area (Å²) in [5.74, 6) is 0.119. The number of nitrogens with two attached hydrogens (primary N) is 1. The van der Waals surface area contributed by atoms with E-state index in [1.165, 1.54) is 23.5 Å². The Balaban J connectivity index is 1.64. The first-order chi connectivity index (χ1) is 17.5. The van der Waals surface area contributed by atoms with Gasteiger partial charge >= 0.3 is 0 Å². The van der Waals surface area contributed by atoms with E-state index < -0.39 is 0 Å². The maximum atomic E-state index is 13.8. The molecule has 0 fully saturated rings. The van der Waals surface area contributed by atoms with Crippen molar-refractivity contribution in [3.8, 4) is 27.9 Å². The summed E-state index contributed by atoms with van der Waals surface area (Å²) in [6.07, 6.45) is 0. The first-order valence-corrected chi connectivity index (χ1v) is 12.0. The van der Waals surface area contributed by atoms with E-state index in [-0.39, 0.29) is 22.8 Å². The van der Waals surface area contributed by atoms with Gasteiger partial charge in [0.1, 0.15) is 28.3 Å². The van der Waals surface area contributed by atoms with Crippen molar-refractivity contribution >= 4 is 56.1 Å². The van der Waals surface area contributed by atoms with E-state index in [2.05, 4.69) is 16.4 Å². The number of para-hydroxylation sites is 1. The van der Waals surface area contributed by atoms with E-state index in [9.17, 15) is 9.65 Å². The van der Waals surface area contributed by atoms with Gasteiger partial charge in [0.05, 0.1) is 21.5 Å². The van der Waals surface area contributed by atoms with Crippen LogP contribution in [0.3, 0.4) is 0 Å². The zero-order valence-corrected chi connectivity index (χ0v) is 20.0. The summed E-state index contributed by atoms with van der Waals surface area (Å²) < 4.78 is 16.4. The van der Waals surface area contributed by atoms with Crippen molar-refractivity contribution in [3.05, 3.63) is 89.2 Å². The Morgan fingerprint density at radius 3 is 2.47 bits per heavy atom. The second-order valence-corrected chi connectivity index (χ2v) is 9.38. The Morgan fingerprint density at radius 1 is 1.00 bits per heavy atom. The maximum Gasteiger partial charge on any atom is 0.178 e. The van der Waals surface area contributed by atoms with Gasteiger partial charge in [0.15, 0.2) is 11.5 Å². The molecule has 3 aromatic heterocycles. The molecule has 0 atom stereocenters. The molecule has 0 aliphatic heterocycles. The highest BCUT2D eigenvalue weighted by Crippen LogP contribution is 2.41. The lowest BCUT2D eigenvalue weighted by Crippen LogP contribution is -2.05. The maximum absolute atomic E-state index is 13.8. The number of anilines is 3. The van der Waals surface area contributed by atoms with Crippen LogP contribution >= 0.6 is 22.9 Å². The van der Waals surface area contributed by atoms with E-state index in [4.69, 9.17) is 27.4 Å². The number of thiazole rings is 1. The van der Waals surface area contributed by atoms with Crippen LogP contribution in [0.25, 0.3) is 37.7 Å². The lowest BCUT2D eigenvalue weighted by molar-refractivity contribution is 0.628. The summed E-state index contributed by atoms with van der Waals surface area (Å²) in [6, 6.07) is 23.0. The molecular formula is C26H15ClFN7S. The summed E-state index contributed by atoms with van der Waals surface area (Å²) in [7, 11) is 0. The summed E-state index contributed by atoms with van der Waals surface area (Å²) >= 11 is 7.47. The molecule has 0 spiro atoms. The second kappa shape index (κ2) is 8.61. The molecule has 36 heavy (non-hydrogen) atoms. The van der Waals surface area contributed by atoms with Crippen LogP contribution < -0.4 is 11.1 Å². The van der Waals surface area contributed by atoms with Gasteiger partial charge in [-0.1, -0.05) is 23.7 Å². The zero-order valence-electron chi connectivity index (χ0n) is 18.4. The van der Waals surface area contributed by atoms with Crippen molar-refractivity contribution in [1.29, 1.82) is 5.26 Å². The van der Waals surface area contributed by atoms with Gasteiger partial charge in [-0.25, -0.2) is 18.9 Å². The van der Waals surface area contributed by atoms with Gasteiger partial charge in [0.2, 0.25) is 0 Å². The van der Waals surface area contributed by atoms with Crippen LogP contribution in [0.2, 0.25) is 5.02 Å². The third-order valence-electron chi connectivity index (χ3n) is 5.64. The molecule has 0 bridgehead atoms. The number of benzene rings is 3. The SMILES string of the molecule is N#Cc1c(Nc2ccc(Cl)cc2)nn2c(-c3ccc(F)cc3)c(-c3nc4ccccc4s3)c(N)nc12. The smallest absolute Gasteiger partial charge is 0.178 e. The second-order valence-electron chi connectivity index (χ2n) is 7.92. The molecule has 3 heterocycles. The van der Waals surface area contributed by atoms with Crippen LogP contribution in [0.1, 0.15) is 5.56 Å². The van der Waals surface area contributed by atoms with Gasteiger partial charge in [0, 0.05) is 16.3 Å². The highest BCUT2D eigenvalue weighted by atomic mass is 35.5. The zero-order chi connectivity index (χ0) is 24.8. The largest absolute Gasteiger partial charge is 0.383 e. The first-order valence-electron chi connectivity index (χ1n) is 10.8. The highest BCUT2D eigenvalue weighted by Gasteiger charge is 2.25. The summed E-state index contributed by atoms with van der Waals surface area (Å²) in [5, 5.41) is 19.1. The number of rotatable bonds is 4. The van der Waals surface area contributed by atoms with Crippen molar-refractivity contribution in [2.24, 2.45) is 0 Å². The fourth-order valence-corrected chi connectivity index (χ4v) is 5.14. The fourth-order valence-electron chi connectivity index (χ4n) is 3.99. The molecule has 0 saturated carbocycles. The van der Waals surface area contributed by atoms with Crippen LogP contribution in [0.5, 0.6) is 0 Å². The number of fused-ring (bicyclic) bond motifs is 2. The van der Waals surface area contributed by atoms with Crippen LogP contribution in [-0.2, 0) is 0 Å². The Kier molecular flexibility index (Phi) is 5.25. The summed E-state index contributed by atoms with van der Waals surface area (Å²) in [4.78, 5) is 9.33. The lowest BCUT2D eigenvalue weighted by atomic mass is 10.1. The van der Waals surface area contributed by atoms with Gasteiger partial charge in [-0.3, -0.25) is 0 Å². The molecular weight excluding hydrogens is 497 g/mol. The third-order valence-corrected chi connectivity index (χ3v) is 6.94. The van der Waals surface area contributed by atoms with Gasteiger partial charge < -0.3 is 11.1 Å². The molecule has 0 unspecified atom stereocenters. The van der Waals surface area contributed by atoms with Crippen LogP contribution in [0.15, 0.2) is 72.8 Å². The highest BCUT2D eigenvalue weighted by molar-refractivity contribution is 7.21. The van der Waals surface area contributed by atoms with E-state index in [0.29, 0.717) is 38.4 Å². The topological polar surface area (TPSA) is 105 Å².